The molecule has 0 fully saturated rings. The zero-order chi connectivity index (χ0) is 12.1. The molecule has 1 aromatic rings. The van der Waals surface area contributed by atoms with Crippen LogP contribution in [0, 0.1) is 0 Å². The summed E-state index contributed by atoms with van der Waals surface area (Å²) in [6.07, 6.45) is 2.78. The third-order valence-corrected chi connectivity index (χ3v) is 3.11. The van der Waals surface area contributed by atoms with Crippen LogP contribution in [0.25, 0.3) is 0 Å². The number of hydrogen-bond donors (Lipinski definition) is 2. The van der Waals surface area contributed by atoms with Gasteiger partial charge in [-0.05, 0) is 42.0 Å². The Hall–Kier alpha value is -0.630. The van der Waals surface area contributed by atoms with Crippen LogP contribution in [0.5, 0.6) is 5.75 Å². The Bertz CT molecular complexity index is 350. The van der Waals surface area contributed by atoms with Crippen LogP contribution in [0.4, 0.5) is 0 Å². The molecule has 0 aliphatic rings. The molecule has 0 aliphatic carbocycles. The van der Waals surface area contributed by atoms with E-state index >= 15 is 0 Å². The summed E-state index contributed by atoms with van der Waals surface area (Å²) in [5.74, 6) is 0.604. The summed E-state index contributed by atoms with van der Waals surface area (Å²) in [4.78, 5) is 17.8. The van der Waals surface area contributed by atoms with Crippen LogP contribution in [0.2, 0.25) is 0 Å². The first-order valence-electron chi connectivity index (χ1n) is 5.63. The van der Waals surface area contributed by atoms with Gasteiger partial charge in [0.15, 0.2) is 0 Å². The van der Waals surface area contributed by atoms with Gasteiger partial charge in [0, 0.05) is 0 Å². The molecule has 0 spiro atoms. The highest BCUT2D eigenvalue weighted by Crippen LogP contribution is 2.35. The number of benzene rings is 1. The maximum absolute atomic E-state index is 8.91. The van der Waals surface area contributed by atoms with Crippen molar-refractivity contribution in [2.24, 2.45) is 0 Å². The fraction of sp³-hybridized carbons (Fsp3) is 0.500. The van der Waals surface area contributed by atoms with Crippen molar-refractivity contribution in [1.82, 2.24) is 0 Å². The largest absolute Gasteiger partial charge is 0.427 e. The molecule has 1 aromatic carbocycles. The van der Waals surface area contributed by atoms with Gasteiger partial charge in [-0.3, -0.25) is 0 Å². The minimum absolute atomic E-state index is 0.604. The smallest absolute Gasteiger partial charge is 0.391 e. The Morgan fingerprint density at radius 2 is 1.62 bits per heavy atom. The molecule has 4 heteroatoms. The normalized spacial score (nSPS) is 10.9. The molecule has 90 valence electrons. The molecule has 0 radical (unpaired) electrons. The molecule has 1 rings (SSSR count). The van der Waals surface area contributed by atoms with Crippen molar-refractivity contribution in [2.45, 2.75) is 40.0 Å². The SMILES string of the molecule is CCc1ccc(OP(O)O)c(CC)c1CC. The molecular formula is C12H19O3P. The summed E-state index contributed by atoms with van der Waals surface area (Å²) in [5, 5.41) is 0. The quantitative estimate of drug-likeness (QED) is 0.780. The van der Waals surface area contributed by atoms with Gasteiger partial charge in [-0.2, -0.15) is 0 Å². The van der Waals surface area contributed by atoms with E-state index in [0.717, 1.165) is 24.8 Å². The number of hydrogen-bond acceptors (Lipinski definition) is 3. The van der Waals surface area contributed by atoms with Crippen LogP contribution >= 0.6 is 8.60 Å². The van der Waals surface area contributed by atoms with Crippen LogP contribution in [0.15, 0.2) is 12.1 Å². The maximum Gasteiger partial charge on any atom is 0.391 e. The molecule has 0 bridgehead atoms. The van der Waals surface area contributed by atoms with Crippen molar-refractivity contribution in [2.75, 3.05) is 0 Å². The Kier molecular flexibility index (Phi) is 5.20. The molecule has 0 heterocycles. The summed E-state index contributed by atoms with van der Waals surface area (Å²) in [6, 6.07) is 3.84. The predicted molar refractivity (Wildman–Crippen MR) is 66.6 cm³/mol. The highest BCUT2D eigenvalue weighted by molar-refractivity contribution is 7.39. The molecule has 2 N–H and O–H groups in total. The predicted octanol–water partition coefficient (Wildman–Crippen LogP) is 2.96. The molecule has 16 heavy (non-hydrogen) atoms. The lowest BCUT2D eigenvalue weighted by Crippen LogP contribution is -2.01. The Balaban J connectivity index is 3.20. The van der Waals surface area contributed by atoms with Gasteiger partial charge >= 0.3 is 8.60 Å². The average Bonchev–Trinajstić information content (AvgIpc) is 2.27. The molecule has 0 saturated heterocycles. The maximum atomic E-state index is 8.91. The fourth-order valence-corrected chi connectivity index (χ4v) is 2.40. The van der Waals surface area contributed by atoms with E-state index in [4.69, 9.17) is 14.3 Å². The second-order valence-corrected chi connectivity index (χ2v) is 4.27. The van der Waals surface area contributed by atoms with Gasteiger partial charge in [-0.15, -0.1) is 0 Å². The molecule has 0 aliphatic heterocycles. The van der Waals surface area contributed by atoms with Crippen molar-refractivity contribution in [3.8, 4) is 5.75 Å². The van der Waals surface area contributed by atoms with E-state index in [1.165, 1.54) is 11.1 Å². The minimum Gasteiger partial charge on any atom is -0.427 e. The van der Waals surface area contributed by atoms with Crippen LogP contribution in [-0.4, -0.2) is 9.79 Å². The zero-order valence-corrected chi connectivity index (χ0v) is 10.9. The third-order valence-electron chi connectivity index (χ3n) is 2.75. The van der Waals surface area contributed by atoms with Gasteiger partial charge in [0.1, 0.15) is 5.75 Å². The lowest BCUT2D eigenvalue weighted by molar-refractivity contribution is 0.373. The molecule has 0 saturated carbocycles. The van der Waals surface area contributed by atoms with E-state index in [-0.39, 0.29) is 0 Å². The Labute approximate surface area is 98.1 Å². The highest BCUT2D eigenvalue weighted by atomic mass is 31.2. The van der Waals surface area contributed by atoms with Crippen molar-refractivity contribution >= 4 is 8.60 Å². The van der Waals surface area contributed by atoms with Crippen LogP contribution in [0.3, 0.4) is 0 Å². The van der Waals surface area contributed by atoms with Crippen molar-refractivity contribution < 1.29 is 14.3 Å². The number of rotatable bonds is 5. The van der Waals surface area contributed by atoms with Crippen LogP contribution in [-0.2, 0) is 19.3 Å². The van der Waals surface area contributed by atoms with E-state index in [1.54, 1.807) is 0 Å². The summed E-state index contributed by atoms with van der Waals surface area (Å²) < 4.78 is 5.05. The van der Waals surface area contributed by atoms with Crippen molar-refractivity contribution in [3.63, 3.8) is 0 Å². The first-order chi connectivity index (χ1) is 7.63. The second-order valence-electron chi connectivity index (χ2n) is 3.58. The van der Waals surface area contributed by atoms with Crippen LogP contribution in [0.1, 0.15) is 37.5 Å². The van der Waals surface area contributed by atoms with E-state index in [2.05, 4.69) is 20.8 Å². The summed E-state index contributed by atoms with van der Waals surface area (Å²) in [6.45, 7) is 6.29. The molecular weight excluding hydrogens is 223 g/mol. The van der Waals surface area contributed by atoms with E-state index < -0.39 is 8.60 Å². The van der Waals surface area contributed by atoms with Crippen LogP contribution < -0.4 is 4.52 Å². The second kappa shape index (κ2) is 6.19. The summed E-state index contributed by atoms with van der Waals surface area (Å²) >= 11 is 0. The van der Waals surface area contributed by atoms with Gasteiger partial charge in [-0.25, -0.2) is 0 Å². The number of aryl methyl sites for hydroxylation is 1. The van der Waals surface area contributed by atoms with E-state index in [1.807, 2.05) is 12.1 Å². The van der Waals surface area contributed by atoms with E-state index in [0.29, 0.717) is 5.75 Å². The monoisotopic (exact) mass is 242 g/mol. The summed E-state index contributed by atoms with van der Waals surface area (Å²) in [7, 11) is -2.33. The van der Waals surface area contributed by atoms with Crippen molar-refractivity contribution in [1.29, 1.82) is 0 Å². The molecule has 0 aromatic heterocycles. The summed E-state index contributed by atoms with van der Waals surface area (Å²) in [5.41, 5.74) is 3.68. The Morgan fingerprint density at radius 1 is 1.00 bits per heavy atom. The molecule has 0 atom stereocenters. The van der Waals surface area contributed by atoms with Gasteiger partial charge in [0.05, 0.1) is 0 Å². The molecule has 0 unspecified atom stereocenters. The van der Waals surface area contributed by atoms with Crippen molar-refractivity contribution in [3.05, 3.63) is 28.8 Å². The van der Waals surface area contributed by atoms with Gasteiger partial charge in [0.2, 0.25) is 0 Å². The van der Waals surface area contributed by atoms with E-state index in [9.17, 15) is 0 Å². The Morgan fingerprint density at radius 3 is 2.06 bits per heavy atom. The first kappa shape index (κ1) is 13.4. The first-order valence-corrected chi connectivity index (χ1v) is 6.79. The lowest BCUT2D eigenvalue weighted by atomic mass is 9.95. The fourth-order valence-electron chi connectivity index (χ4n) is 2.05. The molecule has 0 amide bonds. The van der Waals surface area contributed by atoms with Gasteiger partial charge in [-0.1, -0.05) is 26.8 Å². The standard InChI is InChI=1S/C12H19O3P/c1-4-9-7-8-12(15-16(13)14)11(6-3)10(9)5-2/h7-8,13-14H,4-6H2,1-3H3. The minimum atomic E-state index is -2.33. The van der Waals surface area contributed by atoms with Gasteiger partial charge in [0.25, 0.3) is 0 Å². The van der Waals surface area contributed by atoms with Gasteiger partial charge < -0.3 is 14.3 Å². The third kappa shape index (κ3) is 2.94. The lowest BCUT2D eigenvalue weighted by Gasteiger charge is -2.16. The molecule has 3 nitrogen and oxygen atoms in total. The average molecular weight is 242 g/mol. The highest BCUT2D eigenvalue weighted by Gasteiger charge is 2.13. The topological polar surface area (TPSA) is 49.7 Å². The zero-order valence-electron chi connectivity index (χ0n) is 10.0.